The largest absolute Gasteiger partial charge is 0.478 e. The summed E-state index contributed by atoms with van der Waals surface area (Å²) in [4.78, 5) is 0. The van der Waals surface area contributed by atoms with Crippen LogP contribution in [0.4, 0.5) is 14.5 Å². The predicted octanol–water partition coefficient (Wildman–Crippen LogP) is 3.48. The molecule has 0 amide bonds. The van der Waals surface area contributed by atoms with Crippen LogP contribution in [0.5, 0.6) is 5.75 Å². The summed E-state index contributed by atoms with van der Waals surface area (Å²) in [6.07, 6.45) is 0. The van der Waals surface area contributed by atoms with E-state index < -0.39 is 11.6 Å². The summed E-state index contributed by atoms with van der Waals surface area (Å²) >= 11 is 0. The molecule has 1 N–H and O–H groups in total. The van der Waals surface area contributed by atoms with E-state index >= 15 is 0 Å². The summed E-state index contributed by atoms with van der Waals surface area (Å²) in [6.45, 7) is 0.116. The van der Waals surface area contributed by atoms with Crippen LogP contribution in [-0.4, -0.2) is 6.61 Å². The summed E-state index contributed by atoms with van der Waals surface area (Å²) in [7, 11) is 0. The first-order valence-electron chi connectivity index (χ1n) is 5.98. The summed E-state index contributed by atoms with van der Waals surface area (Å²) in [5.74, 6) is -0.792. The molecule has 0 aliphatic heterocycles. The van der Waals surface area contributed by atoms with Crippen LogP contribution in [0.15, 0.2) is 42.5 Å². The Hall–Kier alpha value is -2.61. The third kappa shape index (κ3) is 3.23. The van der Waals surface area contributed by atoms with Crippen molar-refractivity contribution in [2.24, 2.45) is 0 Å². The molecule has 0 saturated carbocycles. The van der Waals surface area contributed by atoms with Gasteiger partial charge >= 0.3 is 0 Å². The van der Waals surface area contributed by atoms with Gasteiger partial charge in [0.1, 0.15) is 29.1 Å². The molecular formula is C15H12F2N2O. The highest BCUT2D eigenvalue weighted by Gasteiger charge is 2.09. The van der Waals surface area contributed by atoms with Crippen molar-refractivity contribution in [3.63, 3.8) is 0 Å². The first-order valence-corrected chi connectivity index (χ1v) is 5.98. The van der Waals surface area contributed by atoms with Crippen LogP contribution in [0.25, 0.3) is 0 Å². The Morgan fingerprint density at radius 2 is 1.75 bits per heavy atom. The summed E-state index contributed by atoms with van der Waals surface area (Å²) in [6, 6.07) is 12.6. The SMILES string of the molecule is N#CCOc1ccccc1CNc1c(F)cccc1F. The van der Waals surface area contributed by atoms with Crippen LogP contribution in [0.3, 0.4) is 0 Å². The number of hydrogen-bond donors (Lipinski definition) is 1. The molecule has 0 heterocycles. The van der Waals surface area contributed by atoms with Gasteiger partial charge in [-0.2, -0.15) is 5.26 Å². The van der Waals surface area contributed by atoms with Crippen molar-refractivity contribution in [2.45, 2.75) is 6.54 Å². The maximum absolute atomic E-state index is 13.5. The van der Waals surface area contributed by atoms with E-state index in [-0.39, 0.29) is 18.8 Å². The van der Waals surface area contributed by atoms with E-state index in [4.69, 9.17) is 10.00 Å². The average molecular weight is 274 g/mol. The van der Waals surface area contributed by atoms with Crippen LogP contribution < -0.4 is 10.1 Å². The van der Waals surface area contributed by atoms with Gasteiger partial charge in [-0.3, -0.25) is 0 Å². The van der Waals surface area contributed by atoms with Gasteiger partial charge < -0.3 is 10.1 Å². The van der Waals surface area contributed by atoms with E-state index in [1.807, 2.05) is 6.07 Å². The lowest BCUT2D eigenvalue weighted by molar-refractivity contribution is 0.364. The van der Waals surface area contributed by atoms with Crippen molar-refractivity contribution in [2.75, 3.05) is 11.9 Å². The molecule has 0 saturated heterocycles. The zero-order chi connectivity index (χ0) is 14.4. The Morgan fingerprint density at radius 3 is 2.45 bits per heavy atom. The quantitative estimate of drug-likeness (QED) is 0.907. The van der Waals surface area contributed by atoms with Crippen molar-refractivity contribution in [3.8, 4) is 11.8 Å². The minimum Gasteiger partial charge on any atom is -0.478 e. The number of rotatable bonds is 5. The molecule has 0 spiro atoms. The second kappa shape index (κ2) is 6.53. The third-order valence-corrected chi connectivity index (χ3v) is 2.68. The van der Waals surface area contributed by atoms with E-state index in [1.165, 1.54) is 18.2 Å². The van der Waals surface area contributed by atoms with Gasteiger partial charge in [0, 0.05) is 12.1 Å². The van der Waals surface area contributed by atoms with Gasteiger partial charge in [-0.1, -0.05) is 24.3 Å². The first-order chi connectivity index (χ1) is 9.72. The number of anilines is 1. The standard InChI is InChI=1S/C15H12F2N2O/c16-12-5-3-6-13(17)15(12)19-10-11-4-1-2-7-14(11)20-9-8-18/h1-7,19H,9-10H2. The van der Waals surface area contributed by atoms with Crippen LogP contribution in [0.2, 0.25) is 0 Å². The third-order valence-electron chi connectivity index (χ3n) is 2.68. The molecule has 20 heavy (non-hydrogen) atoms. The Labute approximate surface area is 115 Å². The molecule has 102 valence electrons. The topological polar surface area (TPSA) is 45.0 Å². The molecule has 0 aliphatic rings. The average Bonchev–Trinajstić information content (AvgIpc) is 2.45. The number of halogens is 2. The molecule has 5 heteroatoms. The molecule has 0 aliphatic carbocycles. The summed E-state index contributed by atoms with van der Waals surface area (Å²) in [5, 5.41) is 11.2. The van der Waals surface area contributed by atoms with Crippen LogP contribution >= 0.6 is 0 Å². The lowest BCUT2D eigenvalue weighted by atomic mass is 10.2. The number of para-hydroxylation sites is 2. The Bertz CT molecular complexity index is 618. The van der Waals surface area contributed by atoms with E-state index in [0.717, 1.165) is 0 Å². The van der Waals surface area contributed by atoms with Gasteiger partial charge in [0.15, 0.2) is 6.61 Å². The van der Waals surface area contributed by atoms with E-state index in [0.29, 0.717) is 11.3 Å². The smallest absolute Gasteiger partial charge is 0.174 e. The fourth-order valence-electron chi connectivity index (χ4n) is 1.75. The van der Waals surface area contributed by atoms with Crippen LogP contribution in [-0.2, 0) is 6.54 Å². The summed E-state index contributed by atoms with van der Waals surface area (Å²) < 4.78 is 32.2. The minimum absolute atomic E-state index is 0.0783. The minimum atomic E-state index is -0.652. The highest BCUT2D eigenvalue weighted by Crippen LogP contribution is 2.22. The van der Waals surface area contributed by atoms with E-state index in [1.54, 1.807) is 24.3 Å². The molecule has 0 fully saturated rings. The Morgan fingerprint density at radius 1 is 1.05 bits per heavy atom. The van der Waals surface area contributed by atoms with Crippen molar-refractivity contribution in [3.05, 3.63) is 59.7 Å². The van der Waals surface area contributed by atoms with Gasteiger partial charge in [0.05, 0.1) is 0 Å². The van der Waals surface area contributed by atoms with Gasteiger partial charge in [0.25, 0.3) is 0 Å². The van der Waals surface area contributed by atoms with Crippen molar-refractivity contribution in [1.82, 2.24) is 0 Å². The first kappa shape index (κ1) is 13.8. The normalized spacial score (nSPS) is 9.85. The molecular weight excluding hydrogens is 262 g/mol. The van der Waals surface area contributed by atoms with Crippen LogP contribution in [0, 0.1) is 23.0 Å². The molecule has 2 rings (SSSR count). The molecule has 0 atom stereocenters. The number of nitrogens with one attached hydrogen (secondary N) is 1. The molecule has 0 aromatic heterocycles. The van der Waals surface area contributed by atoms with Gasteiger partial charge in [-0.25, -0.2) is 8.78 Å². The Kier molecular flexibility index (Phi) is 4.51. The van der Waals surface area contributed by atoms with Gasteiger partial charge in [0.2, 0.25) is 0 Å². The molecule has 0 bridgehead atoms. The lowest BCUT2D eigenvalue weighted by Gasteiger charge is -2.12. The molecule has 2 aromatic carbocycles. The van der Waals surface area contributed by atoms with Gasteiger partial charge in [-0.05, 0) is 18.2 Å². The summed E-state index contributed by atoms with van der Waals surface area (Å²) in [5.41, 5.74) is 0.535. The number of nitrogens with zero attached hydrogens (tertiary/aromatic N) is 1. The zero-order valence-corrected chi connectivity index (χ0v) is 10.6. The molecule has 2 aromatic rings. The second-order valence-corrected chi connectivity index (χ2v) is 4.00. The number of nitriles is 1. The monoisotopic (exact) mass is 274 g/mol. The zero-order valence-electron chi connectivity index (χ0n) is 10.6. The van der Waals surface area contributed by atoms with Gasteiger partial charge in [-0.15, -0.1) is 0 Å². The predicted molar refractivity (Wildman–Crippen MR) is 71.2 cm³/mol. The lowest BCUT2D eigenvalue weighted by Crippen LogP contribution is -2.06. The van der Waals surface area contributed by atoms with E-state index in [2.05, 4.69) is 5.32 Å². The van der Waals surface area contributed by atoms with Crippen LogP contribution in [0.1, 0.15) is 5.56 Å². The molecule has 0 unspecified atom stereocenters. The second-order valence-electron chi connectivity index (χ2n) is 4.00. The highest BCUT2D eigenvalue weighted by molar-refractivity contribution is 5.47. The fourth-order valence-corrected chi connectivity index (χ4v) is 1.75. The molecule has 0 radical (unpaired) electrons. The van der Waals surface area contributed by atoms with Crippen molar-refractivity contribution in [1.29, 1.82) is 5.26 Å². The molecule has 3 nitrogen and oxygen atoms in total. The number of benzene rings is 2. The van der Waals surface area contributed by atoms with E-state index in [9.17, 15) is 8.78 Å². The maximum atomic E-state index is 13.5. The highest BCUT2D eigenvalue weighted by atomic mass is 19.1. The van der Waals surface area contributed by atoms with Crippen molar-refractivity contribution < 1.29 is 13.5 Å². The van der Waals surface area contributed by atoms with Crippen molar-refractivity contribution >= 4 is 5.69 Å². The Balaban J connectivity index is 2.13. The number of ether oxygens (including phenoxy) is 1. The fraction of sp³-hybridized carbons (Fsp3) is 0.133. The maximum Gasteiger partial charge on any atom is 0.174 e. The number of hydrogen-bond acceptors (Lipinski definition) is 3.